The summed E-state index contributed by atoms with van der Waals surface area (Å²) in [5.41, 5.74) is 1.12. The summed E-state index contributed by atoms with van der Waals surface area (Å²) in [6.07, 6.45) is 8.49. The number of hydrogen-bond acceptors (Lipinski definition) is 5. The van der Waals surface area contributed by atoms with Crippen molar-refractivity contribution in [2.24, 2.45) is 0 Å². The second-order valence-electron chi connectivity index (χ2n) is 3.84. The van der Waals surface area contributed by atoms with Gasteiger partial charge in [-0.3, -0.25) is 0 Å². The van der Waals surface area contributed by atoms with E-state index in [0.29, 0.717) is 6.10 Å². The van der Waals surface area contributed by atoms with Crippen LogP contribution in [0.4, 0.5) is 0 Å². The summed E-state index contributed by atoms with van der Waals surface area (Å²) in [4.78, 5) is 8.46. The molecule has 0 aliphatic carbocycles. The Bertz CT molecular complexity index is 312. The first-order valence-corrected chi connectivity index (χ1v) is 6.78. The van der Waals surface area contributed by atoms with E-state index >= 15 is 0 Å². The third-order valence-corrected chi connectivity index (χ3v) is 3.17. The van der Waals surface area contributed by atoms with E-state index in [9.17, 15) is 0 Å². The normalized spacial score (nSPS) is 20.2. The highest BCUT2D eigenvalue weighted by atomic mass is 32.2. The van der Waals surface area contributed by atoms with Crippen molar-refractivity contribution in [1.82, 2.24) is 15.3 Å². The predicted octanol–water partition coefficient (Wildman–Crippen LogP) is 1.47. The first-order chi connectivity index (χ1) is 7.88. The molecular formula is C11H17N3OS. The average molecular weight is 239 g/mol. The Morgan fingerprint density at radius 2 is 2.31 bits per heavy atom. The third kappa shape index (κ3) is 3.43. The summed E-state index contributed by atoms with van der Waals surface area (Å²) < 4.78 is 5.53. The van der Waals surface area contributed by atoms with Crippen LogP contribution >= 0.6 is 11.8 Å². The summed E-state index contributed by atoms with van der Waals surface area (Å²) in [6.45, 7) is 2.65. The minimum absolute atomic E-state index is 0.395. The van der Waals surface area contributed by atoms with Gasteiger partial charge >= 0.3 is 0 Å². The standard InChI is InChI=1S/C11H17N3OS/c1-16-11-13-6-9(7-14-11)5-12-8-10-3-2-4-15-10/h6-7,10,12H,2-5,8H2,1H3/t10-/m1/s1. The SMILES string of the molecule is CSc1ncc(CNC[C@H]2CCCO2)cn1. The van der Waals surface area contributed by atoms with Gasteiger partial charge in [-0.1, -0.05) is 11.8 Å². The minimum atomic E-state index is 0.395. The molecule has 0 radical (unpaired) electrons. The maximum atomic E-state index is 5.53. The van der Waals surface area contributed by atoms with Gasteiger partial charge in [-0.05, 0) is 19.1 Å². The minimum Gasteiger partial charge on any atom is -0.377 e. The highest BCUT2D eigenvalue weighted by Gasteiger charge is 2.14. The zero-order valence-electron chi connectivity index (χ0n) is 9.48. The van der Waals surface area contributed by atoms with E-state index in [-0.39, 0.29) is 0 Å². The lowest BCUT2D eigenvalue weighted by Gasteiger charge is -2.10. The number of thioether (sulfide) groups is 1. The van der Waals surface area contributed by atoms with Gasteiger partial charge in [0.2, 0.25) is 0 Å². The van der Waals surface area contributed by atoms with Crippen molar-refractivity contribution >= 4 is 11.8 Å². The van der Waals surface area contributed by atoms with E-state index in [0.717, 1.165) is 30.4 Å². The van der Waals surface area contributed by atoms with Crippen molar-refractivity contribution in [2.45, 2.75) is 30.6 Å². The van der Waals surface area contributed by atoms with Gasteiger partial charge in [0.15, 0.2) is 5.16 Å². The molecule has 88 valence electrons. The fourth-order valence-electron chi connectivity index (χ4n) is 1.72. The molecular weight excluding hydrogens is 222 g/mol. The molecule has 4 nitrogen and oxygen atoms in total. The summed E-state index contributed by atoms with van der Waals surface area (Å²) in [7, 11) is 0. The van der Waals surface area contributed by atoms with Gasteiger partial charge in [-0.2, -0.15) is 0 Å². The molecule has 0 unspecified atom stereocenters. The van der Waals surface area contributed by atoms with Crippen molar-refractivity contribution in [3.63, 3.8) is 0 Å². The summed E-state index contributed by atoms with van der Waals surface area (Å²) in [5, 5.41) is 4.19. The topological polar surface area (TPSA) is 47.0 Å². The molecule has 1 saturated heterocycles. The molecule has 1 aromatic heterocycles. The van der Waals surface area contributed by atoms with E-state index in [4.69, 9.17) is 4.74 Å². The zero-order valence-corrected chi connectivity index (χ0v) is 10.3. The van der Waals surface area contributed by atoms with Gasteiger partial charge in [0.1, 0.15) is 0 Å². The molecule has 0 saturated carbocycles. The Morgan fingerprint density at radius 3 is 2.94 bits per heavy atom. The fraction of sp³-hybridized carbons (Fsp3) is 0.636. The summed E-state index contributed by atoms with van der Waals surface area (Å²) in [6, 6.07) is 0. The number of nitrogens with zero attached hydrogens (tertiary/aromatic N) is 2. The Morgan fingerprint density at radius 1 is 1.50 bits per heavy atom. The van der Waals surface area contributed by atoms with Crippen molar-refractivity contribution in [3.05, 3.63) is 18.0 Å². The first-order valence-electron chi connectivity index (χ1n) is 5.55. The van der Waals surface area contributed by atoms with Crippen LogP contribution < -0.4 is 5.32 Å². The zero-order chi connectivity index (χ0) is 11.2. The van der Waals surface area contributed by atoms with Crippen molar-refractivity contribution in [3.8, 4) is 0 Å². The van der Waals surface area contributed by atoms with Crippen LogP contribution in [0, 0.1) is 0 Å². The van der Waals surface area contributed by atoms with Crippen LogP contribution in [0.3, 0.4) is 0 Å². The lowest BCUT2D eigenvalue weighted by molar-refractivity contribution is 0.110. The van der Waals surface area contributed by atoms with Gasteiger partial charge in [-0.25, -0.2) is 9.97 Å². The molecule has 0 bridgehead atoms. The molecule has 0 aromatic carbocycles. The predicted molar refractivity (Wildman–Crippen MR) is 64.5 cm³/mol. The maximum Gasteiger partial charge on any atom is 0.187 e. The molecule has 2 rings (SSSR count). The highest BCUT2D eigenvalue weighted by Crippen LogP contribution is 2.11. The maximum absolute atomic E-state index is 5.53. The fourth-order valence-corrected chi connectivity index (χ4v) is 2.04. The van der Waals surface area contributed by atoms with E-state index in [2.05, 4.69) is 15.3 Å². The largest absolute Gasteiger partial charge is 0.377 e. The lowest BCUT2D eigenvalue weighted by atomic mass is 10.2. The first kappa shape index (κ1) is 11.8. The third-order valence-electron chi connectivity index (χ3n) is 2.59. The number of aromatic nitrogens is 2. The van der Waals surface area contributed by atoms with Gasteiger partial charge in [0.05, 0.1) is 6.10 Å². The Hall–Kier alpha value is -0.650. The second-order valence-corrected chi connectivity index (χ2v) is 4.62. The van der Waals surface area contributed by atoms with Crippen LogP contribution in [0.15, 0.2) is 17.6 Å². The molecule has 1 fully saturated rings. The van der Waals surface area contributed by atoms with E-state index < -0.39 is 0 Å². The van der Waals surface area contributed by atoms with Crippen LogP contribution in [0.2, 0.25) is 0 Å². The van der Waals surface area contributed by atoms with E-state index in [1.165, 1.54) is 12.8 Å². The van der Waals surface area contributed by atoms with E-state index in [1.807, 2.05) is 18.6 Å². The molecule has 5 heteroatoms. The molecule has 1 aliphatic heterocycles. The van der Waals surface area contributed by atoms with Gasteiger partial charge in [-0.15, -0.1) is 0 Å². The summed E-state index contributed by atoms with van der Waals surface area (Å²) >= 11 is 1.56. The van der Waals surface area contributed by atoms with Gasteiger partial charge in [0, 0.05) is 37.7 Å². The van der Waals surface area contributed by atoms with Crippen molar-refractivity contribution in [2.75, 3.05) is 19.4 Å². The molecule has 1 N–H and O–H groups in total. The molecule has 2 heterocycles. The highest BCUT2D eigenvalue weighted by molar-refractivity contribution is 7.98. The Balaban J connectivity index is 1.71. The van der Waals surface area contributed by atoms with Crippen molar-refractivity contribution in [1.29, 1.82) is 0 Å². The molecule has 0 amide bonds. The van der Waals surface area contributed by atoms with E-state index in [1.54, 1.807) is 11.8 Å². The Kier molecular flexibility index (Phi) is 4.56. The molecule has 16 heavy (non-hydrogen) atoms. The smallest absolute Gasteiger partial charge is 0.187 e. The lowest BCUT2D eigenvalue weighted by Crippen LogP contribution is -2.25. The number of rotatable bonds is 5. The van der Waals surface area contributed by atoms with Gasteiger partial charge in [0.25, 0.3) is 0 Å². The number of nitrogens with one attached hydrogen (secondary N) is 1. The number of ether oxygens (including phenoxy) is 1. The second kappa shape index (κ2) is 6.18. The molecule has 1 atom stereocenters. The summed E-state index contributed by atoms with van der Waals surface area (Å²) in [5.74, 6) is 0. The monoisotopic (exact) mass is 239 g/mol. The van der Waals surface area contributed by atoms with Crippen LogP contribution in [0.5, 0.6) is 0 Å². The molecule has 1 aromatic rings. The van der Waals surface area contributed by atoms with Crippen molar-refractivity contribution < 1.29 is 4.74 Å². The Labute approximate surface area is 100 Å². The average Bonchev–Trinajstić information content (AvgIpc) is 2.83. The van der Waals surface area contributed by atoms with Crippen LogP contribution in [-0.4, -0.2) is 35.5 Å². The number of hydrogen-bond donors (Lipinski definition) is 1. The van der Waals surface area contributed by atoms with Crippen LogP contribution in [-0.2, 0) is 11.3 Å². The van der Waals surface area contributed by atoms with Crippen LogP contribution in [0.25, 0.3) is 0 Å². The van der Waals surface area contributed by atoms with Crippen LogP contribution in [0.1, 0.15) is 18.4 Å². The molecule has 0 spiro atoms. The molecule has 1 aliphatic rings. The van der Waals surface area contributed by atoms with Gasteiger partial charge < -0.3 is 10.1 Å². The quantitative estimate of drug-likeness (QED) is 0.623.